The number of benzene rings is 1. The molecule has 2 amide bonds. The van der Waals surface area contributed by atoms with E-state index in [0.29, 0.717) is 41.2 Å². The molecule has 0 spiro atoms. The lowest BCUT2D eigenvalue weighted by molar-refractivity contribution is -0.111. The minimum absolute atomic E-state index is 0.0371. The summed E-state index contributed by atoms with van der Waals surface area (Å²) < 4.78 is 5.70. The summed E-state index contributed by atoms with van der Waals surface area (Å²) in [7, 11) is 0. The molecule has 1 aliphatic heterocycles. The first-order chi connectivity index (χ1) is 14.5. The molecular weight excluding hydrogens is 406 g/mol. The number of amides is 2. The summed E-state index contributed by atoms with van der Waals surface area (Å²) in [5.41, 5.74) is 1.18. The zero-order valence-corrected chi connectivity index (χ0v) is 17.1. The van der Waals surface area contributed by atoms with E-state index in [1.807, 2.05) is 0 Å². The van der Waals surface area contributed by atoms with Gasteiger partial charge in [-0.25, -0.2) is 4.98 Å². The lowest BCUT2D eigenvalue weighted by Gasteiger charge is -2.17. The van der Waals surface area contributed by atoms with E-state index in [2.05, 4.69) is 27.2 Å². The molecule has 1 aromatic carbocycles. The minimum Gasteiger partial charge on any atom is -0.473 e. The molecule has 2 heterocycles. The number of likely N-dealkylation sites (tertiary alicyclic amines) is 1. The number of carbonyl (C=O) groups excluding carboxylic acids is 2. The lowest BCUT2D eigenvalue weighted by Crippen LogP contribution is -2.31. The van der Waals surface area contributed by atoms with Crippen LogP contribution < -0.4 is 15.4 Å². The predicted octanol–water partition coefficient (Wildman–Crippen LogP) is 3.12. The molecule has 1 aromatic heterocycles. The van der Waals surface area contributed by atoms with Crippen LogP contribution >= 0.6 is 11.6 Å². The van der Waals surface area contributed by atoms with E-state index in [1.54, 1.807) is 29.2 Å². The van der Waals surface area contributed by atoms with Gasteiger partial charge >= 0.3 is 0 Å². The number of hydrogen-bond donors (Lipinski definition) is 2. The van der Waals surface area contributed by atoms with Gasteiger partial charge < -0.3 is 20.3 Å². The third kappa shape index (κ3) is 4.88. The summed E-state index contributed by atoms with van der Waals surface area (Å²) in [6.45, 7) is 4.58. The fourth-order valence-electron chi connectivity index (χ4n) is 3.16. The molecule has 1 saturated carbocycles. The monoisotopic (exact) mass is 427 g/mol. The maximum atomic E-state index is 12.8. The van der Waals surface area contributed by atoms with Crippen LogP contribution in [0.5, 0.6) is 5.88 Å². The molecule has 9 heteroatoms. The number of halogens is 1. The second-order valence-electron chi connectivity index (χ2n) is 7.32. The van der Waals surface area contributed by atoms with Crippen LogP contribution in [-0.2, 0) is 4.79 Å². The van der Waals surface area contributed by atoms with Gasteiger partial charge in [0.1, 0.15) is 11.1 Å². The van der Waals surface area contributed by atoms with Crippen molar-refractivity contribution >= 4 is 35.1 Å². The van der Waals surface area contributed by atoms with Crippen LogP contribution in [0.2, 0.25) is 5.02 Å². The molecular formula is C21H22ClN5O3. The number of rotatable bonds is 7. The maximum Gasteiger partial charge on any atom is 0.253 e. The van der Waals surface area contributed by atoms with Crippen molar-refractivity contribution in [1.29, 1.82) is 0 Å². The molecule has 2 aliphatic rings. The minimum atomic E-state index is -0.294. The molecule has 8 nitrogen and oxygen atoms in total. The molecule has 4 rings (SSSR count). The van der Waals surface area contributed by atoms with Gasteiger partial charge in [-0.1, -0.05) is 18.2 Å². The number of ether oxygens (including phenoxy) is 1. The van der Waals surface area contributed by atoms with Crippen LogP contribution in [0.4, 0.5) is 11.6 Å². The molecule has 2 aromatic rings. The molecule has 30 heavy (non-hydrogen) atoms. The lowest BCUT2D eigenvalue weighted by atomic mass is 10.2. The number of carbonyl (C=O) groups is 2. The highest BCUT2D eigenvalue weighted by Crippen LogP contribution is 2.30. The van der Waals surface area contributed by atoms with Crippen LogP contribution in [0.15, 0.2) is 43.1 Å². The Morgan fingerprint density at radius 2 is 2.00 bits per heavy atom. The van der Waals surface area contributed by atoms with Gasteiger partial charge in [-0.2, -0.15) is 4.98 Å². The van der Waals surface area contributed by atoms with Crippen LogP contribution in [0.25, 0.3) is 0 Å². The summed E-state index contributed by atoms with van der Waals surface area (Å²) in [5, 5.41) is 6.32. The van der Waals surface area contributed by atoms with E-state index in [-0.39, 0.29) is 24.0 Å². The average Bonchev–Trinajstić information content (AvgIpc) is 3.45. The second kappa shape index (κ2) is 8.71. The first-order valence-corrected chi connectivity index (χ1v) is 10.2. The second-order valence-corrected chi connectivity index (χ2v) is 7.72. The molecule has 1 aliphatic carbocycles. The van der Waals surface area contributed by atoms with E-state index in [4.69, 9.17) is 16.3 Å². The van der Waals surface area contributed by atoms with Gasteiger partial charge in [-0.3, -0.25) is 9.59 Å². The van der Waals surface area contributed by atoms with Gasteiger partial charge in [0.2, 0.25) is 17.7 Å². The summed E-state index contributed by atoms with van der Waals surface area (Å²) in [4.78, 5) is 34.5. The third-order valence-electron chi connectivity index (χ3n) is 4.91. The first-order valence-electron chi connectivity index (χ1n) is 9.80. The fraction of sp³-hybridized carbons (Fsp3) is 0.333. The first kappa shape index (κ1) is 20.2. The van der Waals surface area contributed by atoms with Crippen molar-refractivity contribution in [2.24, 2.45) is 0 Å². The molecule has 1 atom stereocenters. The summed E-state index contributed by atoms with van der Waals surface area (Å²) in [5.74, 6) is 0.483. The Balaban J connectivity index is 1.34. The van der Waals surface area contributed by atoms with Gasteiger partial charge in [0.05, 0.1) is 6.20 Å². The van der Waals surface area contributed by atoms with Gasteiger partial charge in [0.25, 0.3) is 5.91 Å². The number of anilines is 2. The van der Waals surface area contributed by atoms with Crippen molar-refractivity contribution in [3.8, 4) is 5.88 Å². The fourth-order valence-corrected chi connectivity index (χ4v) is 3.30. The Labute approximate surface area is 179 Å². The third-order valence-corrected chi connectivity index (χ3v) is 5.17. The highest BCUT2D eigenvalue weighted by molar-refractivity contribution is 6.31. The van der Waals surface area contributed by atoms with Gasteiger partial charge in [0, 0.05) is 30.4 Å². The molecule has 0 unspecified atom stereocenters. The Hall–Kier alpha value is -3.13. The van der Waals surface area contributed by atoms with E-state index in [0.717, 1.165) is 19.3 Å². The highest BCUT2D eigenvalue weighted by Gasteiger charge is 2.28. The van der Waals surface area contributed by atoms with Crippen molar-refractivity contribution in [2.45, 2.75) is 31.4 Å². The van der Waals surface area contributed by atoms with Crippen molar-refractivity contribution < 1.29 is 14.3 Å². The van der Waals surface area contributed by atoms with Crippen LogP contribution in [-0.4, -0.2) is 51.9 Å². The van der Waals surface area contributed by atoms with Crippen LogP contribution in [0.1, 0.15) is 29.6 Å². The summed E-state index contributed by atoms with van der Waals surface area (Å²) >= 11 is 6.11. The van der Waals surface area contributed by atoms with Crippen molar-refractivity contribution in [3.05, 3.63) is 53.7 Å². The summed E-state index contributed by atoms with van der Waals surface area (Å²) in [6, 6.07) is 6.83. The van der Waals surface area contributed by atoms with E-state index >= 15 is 0 Å². The highest BCUT2D eigenvalue weighted by atomic mass is 35.5. The van der Waals surface area contributed by atoms with Gasteiger partial charge in [-0.15, -0.1) is 0 Å². The smallest absolute Gasteiger partial charge is 0.253 e. The van der Waals surface area contributed by atoms with E-state index in [9.17, 15) is 9.59 Å². The molecule has 2 N–H and O–H groups in total. The van der Waals surface area contributed by atoms with Crippen molar-refractivity contribution in [2.75, 3.05) is 23.7 Å². The van der Waals surface area contributed by atoms with Crippen LogP contribution in [0, 0.1) is 0 Å². The van der Waals surface area contributed by atoms with E-state index < -0.39 is 0 Å². The standard InChI is InChI=1S/C21H22ClN5O3/c1-2-18(28)24-14-5-3-13(4-6-14)20(29)27-10-9-15(12-27)25-21-23-11-17(22)19(26-21)30-16-7-8-16/h2-6,11,15-16H,1,7-10,12H2,(H,24,28)(H,23,25,26)/t15-/m1/s1. The van der Waals surface area contributed by atoms with Crippen molar-refractivity contribution in [1.82, 2.24) is 14.9 Å². The topological polar surface area (TPSA) is 96.5 Å². The SMILES string of the molecule is C=CC(=O)Nc1ccc(C(=O)N2CC[C@@H](Nc3ncc(Cl)c(OC4CC4)n3)C2)cc1. The molecule has 0 bridgehead atoms. The largest absolute Gasteiger partial charge is 0.473 e. The number of nitrogens with one attached hydrogen (secondary N) is 2. The normalized spacial score (nSPS) is 18.0. The van der Waals surface area contributed by atoms with Crippen molar-refractivity contribution in [3.63, 3.8) is 0 Å². The van der Waals surface area contributed by atoms with Gasteiger partial charge in [-0.05, 0) is 49.6 Å². The van der Waals surface area contributed by atoms with Crippen LogP contribution in [0.3, 0.4) is 0 Å². The predicted molar refractivity (Wildman–Crippen MR) is 114 cm³/mol. The molecule has 2 fully saturated rings. The number of hydrogen-bond acceptors (Lipinski definition) is 6. The Morgan fingerprint density at radius 3 is 2.70 bits per heavy atom. The molecule has 0 radical (unpaired) electrons. The maximum absolute atomic E-state index is 12.8. The van der Waals surface area contributed by atoms with Gasteiger partial charge in [0.15, 0.2) is 0 Å². The number of nitrogens with zero attached hydrogens (tertiary/aromatic N) is 3. The molecule has 1 saturated heterocycles. The number of aromatic nitrogens is 2. The molecule has 156 valence electrons. The Kier molecular flexibility index (Phi) is 5.85. The quantitative estimate of drug-likeness (QED) is 0.659. The Morgan fingerprint density at radius 1 is 1.23 bits per heavy atom. The zero-order chi connectivity index (χ0) is 21.1. The average molecular weight is 428 g/mol. The zero-order valence-electron chi connectivity index (χ0n) is 16.3. The van der Waals surface area contributed by atoms with E-state index in [1.165, 1.54) is 12.3 Å². The Bertz CT molecular complexity index is 962. The summed E-state index contributed by atoms with van der Waals surface area (Å²) in [6.07, 6.45) is 5.74.